The topological polar surface area (TPSA) is 104 Å². The van der Waals surface area contributed by atoms with Crippen molar-refractivity contribution in [1.29, 1.82) is 0 Å². The van der Waals surface area contributed by atoms with Gasteiger partial charge in [-0.25, -0.2) is 9.59 Å². The van der Waals surface area contributed by atoms with Crippen molar-refractivity contribution in [2.45, 2.75) is 34.6 Å². The lowest BCUT2D eigenvalue weighted by Gasteiger charge is -2.17. The molecule has 0 atom stereocenters. The summed E-state index contributed by atoms with van der Waals surface area (Å²) < 4.78 is 5.08. The average Bonchev–Trinajstić information content (AvgIpc) is 2.40. The maximum absolute atomic E-state index is 11.5. The molecule has 0 unspecified atom stereocenters. The first-order valence-corrected chi connectivity index (χ1v) is 6.52. The number of aliphatic carboxylic acids is 1. The van der Waals surface area contributed by atoms with Crippen molar-refractivity contribution in [2.75, 3.05) is 19.8 Å². The molecule has 3 N–H and O–H groups in total. The van der Waals surface area contributed by atoms with Crippen molar-refractivity contribution in [3.8, 4) is 0 Å². The molecular weight excluding hydrogens is 276 g/mol. The number of carbonyl (C=O) groups is 2. The van der Waals surface area contributed by atoms with Gasteiger partial charge < -0.3 is 20.1 Å². The van der Waals surface area contributed by atoms with Gasteiger partial charge in [-0.1, -0.05) is 32.9 Å². The van der Waals surface area contributed by atoms with Gasteiger partial charge in [0.05, 0.1) is 19.8 Å². The van der Waals surface area contributed by atoms with E-state index in [1.165, 1.54) is 19.1 Å². The number of esters is 1. The van der Waals surface area contributed by atoms with Crippen LogP contribution in [0.3, 0.4) is 0 Å². The highest BCUT2D eigenvalue weighted by atomic mass is 16.5. The maximum Gasteiger partial charge on any atom is 0.333 e. The zero-order valence-electron chi connectivity index (χ0n) is 13.3. The van der Waals surface area contributed by atoms with Crippen LogP contribution in [0.25, 0.3) is 0 Å². The monoisotopic (exact) mass is 302 g/mol. The second-order valence-corrected chi connectivity index (χ2v) is 5.59. The first-order valence-electron chi connectivity index (χ1n) is 6.52. The predicted octanol–water partition coefficient (Wildman–Crippen LogP) is 1.52. The van der Waals surface area contributed by atoms with Gasteiger partial charge in [0.25, 0.3) is 0 Å². The lowest BCUT2D eigenvalue weighted by atomic mass is 9.99. The van der Waals surface area contributed by atoms with Gasteiger partial charge >= 0.3 is 11.9 Å². The van der Waals surface area contributed by atoms with Crippen LogP contribution in [0.2, 0.25) is 0 Å². The number of carboxylic acids is 1. The molecule has 0 amide bonds. The Morgan fingerprint density at radius 2 is 1.43 bits per heavy atom. The smallest absolute Gasteiger partial charge is 0.333 e. The summed E-state index contributed by atoms with van der Waals surface area (Å²) in [6.45, 7) is 9.04. The van der Waals surface area contributed by atoms with Crippen LogP contribution in [0.1, 0.15) is 34.6 Å². The summed E-state index contributed by atoms with van der Waals surface area (Å²) in [6.07, 6.45) is 2.84. The number of hydrogen-bond acceptors (Lipinski definition) is 5. The number of allylic oxidation sites excluding steroid dienone is 2. The van der Waals surface area contributed by atoms with Crippen molar-refractivity contribution >= 4 is 11.9 Å². The van der Waals surface area contributed by atoms with Crippen molar-refractivity contribution in [2.24, 2.45) is 5.41 Å². The molecule has 6 heteroatoms. The molecule has 6 nitrogen and oxygen atoms in total. The molecule has 122 valence electrons. The molecule has 0 spiro atoms. The molecule has 0 aliphatic rings. The largest absolute Gasteiger partial charge is 0.478 e. The normalized spacial score (nSPS) is 12.3. The van der Waals surface area contributed by atoms with Crippen LogP contribution >= 0.6 is 0 Å². The first-order chi connectivity index (χ1) is 9.55. The van der Waals surface area contributed by atoms with Crippen LogP contribution < -0.4 is 0 Å². The molecule has 21 heavy (non-hydrogen) atoms. The van der Waals surface area contributed by atoms with Gasteiger partial charge in [-0.2, -0.15) is 0 Å². The van der Waals surface area contributed by atoms with Crippen LogP contribution in [-0.2, 0) is 14.3 Å². The highest BCUT2D eigenvalue weighted by Crippen LogP contribution is 2.14. The number of aliphatic hydroxyl groups excluding tert-OH is 2. The number of rotatable bonds is 5. The minimum atomic E-state index is -1.00. The van der Waals surface area contributed by atoms with Crippen LogP contribution in [0, 0.1) is 5.41 Å². The third-order valence-corrected chi connectivity index (χ3v) is 1.98. The van der Waals surface area contributed by atoms with Gasteiger partial charge in [0.2, 0.25) is 0 Å². The van der Waals surface area contributed by atoms with Gasteiger partial charge in [0.15, 0.2) is 0 Å². The van der Waals surface area contributed by atoms with E-state index in [-0.39, 0.29) is 24.2 Å². The molecule has 0 bridgehead atoms. The summed E-state index contributed by atoms with van der Waals surface area (Å²) in [7, 11) is 0. The van der Waals surface area contributed by atoms with E-state index in [1.54, 1.807) is 6.92 Å². The summed E-state index contributed by atoms with van der Waals surface area (Å²) in [5.74, 6) is -1.42. The fourth-order valence-electron chi connectivity index (χ4n) is 0.785. The van der Waals surface area contributed by atoms with Gasteiger partial charge in [-0.15, -0.1) is 0 Å². The van der Waals surface area contributed by atoms with E-state index in [1.807, 2.05) is 20.8 Å². The minimum Gasteiger partial charge on any atom is -0.478 e. The molecule has 0 radical (unpaired) electrons. The third-order valence-electron chi connectivity index (χ3n) is 1.98. The molecule has 0 aromatic carbocycles. The summed E-state index contributed by atoms with van der Waals surface area (Å²) in [5, 5.41) is 23.9. The van der Waals surface area contributed by atoms with Gasteiger partial charge in [-0.3, -0.25) is 0 Å². The quantitative estimate of drug-likeness (QED) is 0.404. The third kappa shape index (κ3) is 14.6. The van der Waals surface area contributed by atoms with E-state index in [2.05, 4.69) is 0 Å². The summed E-state index contributed by atoms with van der Waals surface area (Å²) in [4.78, 5) is 22.0. The Balaban J connectivity index is 0. The fourth-order valence-corrected chi connectivity index (χ4v) is 0.785. The zero-order chi connectivity index (χ0) is 17.1. The second kappa shape index (κ2) is 11.0. The van der Waals surface area contributed by atoms with Gasteiger partial charge in [-0.05, 0) is 19.3 Å². The molecule has 0 fully saturated rings. The van der Waals surface area contributed by atoms with E-state index < -0.39 is 11.9 Å². The summed E-state index contributed by atoms with van der Waals surface area (Å²) >= 11 is 0. The fraction of sp³-hybridized carbons (Fsp3) is 0.600. The lowest BCUT2D eigenvalue weighted by Crippen LogP contribution is -2.18. The lowest BCUT2D eigenvalue weighted by molar-refractivity contribution is -0.141. The number of carbonyl (C=O) groups excluding carboxylic acids is 1. The van der Waals surface area contributed by atoms with Crippen LogP contribution in [0.4, 0.5) is 0 Å². The number of hydrogen-bond donors (Lipinski definition) is 3. The van der Waals surface area contributed by atoms with Crippen LogP contribution in [-0.4, -0.2) is 47.1 Å². The molecule has 0 saturated carbocycles. The Bertz CT molecular complexity index is 385. The SMILES string of the molecule is CC(=CC=C(C)C(=O)OCC(C)(C)C)C(=O)O.OCCO. The Labute approximate surface area is 125 Å². The van der Waals surface area contributed by atoms with Gasteiger partial charge in [0, 0.05) is 11.1 Å². The number of ether oxygens (including phenoxy) is 1. The minimum absolute atomic E-state index is 0.0806. The molecule has 0 aliphatic heterocycles. The number of aliphatic hydroxyl groups is 2. The molecular formula is C15H26O6. The van der Waals surface area contributed by atoms with Crippen molar-refractivity contribution < 1.29 is 29.6 Å². The summed E-state index contributed by atoms with van der Waals surface area (Å²) in [6, 6.07) is 0. The molecule has 0 heterocycles. The molecule has 0 saturated heterocycles. The molecule has 0 aliphatic carbocycles. The van der Waals surface area contributed by atoms with Crippen molar-refractivity contribution in [1.82, 2.24) is 0 Å². The zero-order valence-corrected chi connectivity index (χ0v) is 13.3. The van der Waals surface area contributed by atoms with Crippen LogP contribution in [0.15, 0.2) is 23.3 Å². The van der Waals surface area contributed by atoms with Crippen molar-refractivity contribution in [3.05, 3.63) is 23.3 Å². The molecule has 0 rings (SSSR count). The maximum atomic E-state index is 11.5. The highest BCUT2D eigenvalue weighted by molar-refractivity contribution is 5.89. The second-order valence-electron chi connectivity index (χ2n) is 5.59. The molecule has 0 aromatic rings. The van der Waals surface area contributed by atoms with E-state index in [0.29, 0.717) is 12.2 Å². The average molecular weight is 302 g/mol. The Morgan fingerprint density at radius 1 is 1.00 bits per heavy atom. The summed E-state index contributed by atoms with van der Waals surface area (Å²) in [5.41, 5.74) is 0.478. The Morgan fingerprint density at radius 3 is 1.76 bits per heavy atom. The first kappa shape index (κ1) is 21.6. The van der Waals surface area contributed by atoms with E-state index >= 15 is 0 Å². The number of carboxylic acid groups (broad SMARTS) is 1. The van der Waals surface area contributed by atoms with E-state index in [9.17, 15) is 9.59 Å². The highest BCUT2D eigenvalue weighted by Gasteiger charge is 2.14. The van der Waals surface area contributed by atoms with Gasteiger partial charge in [0.1, 0.15) is 0 Å². The van der Waals surface area contributed by atoms with Crippen molar-refractivity contribution in [3.63, 3.8) is 0 Å². The van der Waals surface area contributed by atoms with Crippen LogP contribution in [0.5, 0.6) is 0 Å². The predicted molar refractivity (Wildman–Crippen MR) is 79.7 cm³/mol. The van der Waals surface area contributed by atoms with E-state index in [4.69, 9.17) is 20.1 Å². The standard InChI is InChI=1S/C13H20O4.C2H6O2/c1-9(11(14)15)6-7-10(2)12(16)17-8-13(3,4)5;3-1-2-4/h6-7H,8H2,1-5H3,(H,14,15);3-4H,1-2H2. The Hall–Kier alpha value is -1.66. The Kier molecular flexibility index (Phi) is 11.4. The molecule has 0 aromatic heterocycles. The van der Waals surface area contributed by atoms with E-state index in [0.717, 1.165) is 0 Å².